The van der Waals surface area contributed by atoms with Crippen LogP contribution < -0.4 is 11.1 Å². The first-order valence-corrected chi connectivity index (χ1v) is 6.14. The molecule has 0 aliphatic heterocycles. The lowest BCUT2D eigenvalue weighted by Crippen LogP contribution is -2.43. The summed E-state index contributed by atoms with van der Waals surface area (Å²) >= 11 is 0. The van der Waals surface area contributed by atoms with Crippen LogP contribution in [0.15, 0.2) is 0 Å². The maximum Gasteiger partial charge on any atom is 0.239 e. The van der Waals surface area contributed by atoms with Crippen LogP contribution in [-0.2, 0) is 9.59 Å². The summed E-state index contributed by atoms with van der Waals surface area (Å²) in [6, 6.07) is -0.497. The van der Waals surface area contributed by atoms with Gasteiger partial charge in [-0.3, -0.25) is 9.59 Å². The van der Waals surface area contributed by atoms with Gasteiger partial charge < -0.3 is 11.1 Å². The Morgan fingerprint density at radius 3 is 2.19 bits per heavy atom. The lowest BCUT2D eigenvalue weighted by molar-refractivity contribution is -0.126. The van der Waals surface area contributed by atoms with E-state index in [1.807, 2.05) is 0 Å². The highest BCUT2D eigenvalue weighted by Gasteiger charge is 2.14. The molecule has 0 radical (unpaired) electrons. The summed E-state index contributed by atoms with van der Waals surface area (Å²) in [7, 11) is 0. The Bertz CT molecular complexity index is 217. The first kappa shape index (κ1) is 14.9. The Morgan fingerprint density at radius 1 is 1.12 bits per heavy atom. The Kier molecular flexibility index (Phi) is 8.58. The molecule has 0 unspecified atom stereocenters. The van der Waals surface area contributed by atoms with Gasteiger partial charge in [-0.15, -0.1) is 0 Å². The van der Waals surface area contributed by atoms with Gasteiger partial charge in [-0.2, -0.15) is 0 Å². The number of carbonyl (C=O) groups is 2. The van der Waals surface area contributed by atoms with E-state index in [1.165, 1.54) is 32.6 Å². The summed E-state index contributed by atoms with van der Waals surface area (Å²) in [5.41, 5.74) is 5.19. The van der Waals surface area contributed by atoms with Gasteiger partial charge in [0.25, 0.3) is 0 Å². The maximum atomic E-state index is 11.0. The zero-order valence-electron chi connectivity index (χ0n) is 10.4. The second-order valence-electron chi connectivity index (χ2n) is 4.21. The van der Waals surface area contributed by atoms with Gasteiger partial charge >= 0.3 is 0 Å². The Labute approximate surface area is 98.0 Å². The molecule has 0 saturated heterocycles. The van der Waals surface area contributed by atoms with Gasteiger partial charge in [0.2, 0.25) is 11.8 Å². The smallest absolute Gasteiger partial charge is 0.239 e. The van der Waals surface area contributed by atoms with Crippen molar-refractivity contribution in [3.63, 3.8) is 0 Å². The number of carbonyl (C=O) groups excluding carboxylic acids is 2. The standard InChI is InChI=1S/C12H24N2O2/c1-3-4-5-6-7-8-9-11(12(13)16)14-10(2)15/h11H,3-9H2,1-2H3,(H2,13,16)(H,14,15)/t11-/m0/s1. The van der Waals surface area contributed by atoms with Crippen molar-refractivity contribution in [1.82, 2.24) is 5.32 Å². The molecular weight excluding hydrogens is 204 g/mol. The molecule has 94 valence electrons. The van der Waals surface area contributed by atoms with Crippen molar-refractivity contribution < 1.29 is 9.59 Å². The Hall–Kier alpha value is -1.06. The topological polar surface area (TPSA) is 72.2 Å². The first-order chi connectivity index (χ1) is 7.57. The van der Waals surface area contributed by atoms with Gasteiger partial charge in [-0.1, -0.05) is 45.4 Å². The van der Waals surface area contributed by atoms with E-state index in [0.29, 0.717) is 6.42 Å². The third kappa shape index (κ3) is 8.26. The molecule has 1 atom stereocenters. The number of unbranched alkanes of at least 4 members (excludes halogenated alkanes) is 5. The summed E-state index contributed by atoms with van der Waals surface area (Å²) in [6.45, 7) is 3.58. The summed E-state index contributed by atoms with van der Waals surface area (Å²) < 4.78 is 0. The van der Waals surface area contributed by atoms with Gasteiger partial charge in [0.15, 0.2) is 0 Å². The van der Waals surface area contributed by atoms with Crippen LogP contribution in [0, 0.1) is 0 Å². The summed E-state index contributed by atoms with van der Waals surface area (Å²) in [5, 5.41) is 2.57. The minimum atomic E-state index is -0.497. The van der Waals surface area contributed by atoms with Crippen LogP contribution in [0.1, 0.15) is 58.8 Å². The Balaban J connectivity index is 3.60. The average Bonchev–Trinajstić information content (AvgIpc) is 2.20. The molecule has 0 rings (SSSR count). The molecule has 0 spiro atoms. The third-order valence-electron chi connectivity index (χ3n) is 2.57. The van der Waals surface area contributed by atoms with Crippen molar-refractivity contribution in [2.45, 2.75) is 64.8 Å². The van der Waals surface area contributed by atoms with E-state index >= 15 is 0 Å². The van der Waals surface area contributed by atoms with Crippen molar-refractivity contribution in [3.8, 4) is 0 Å². The zero-order valence-corrected chi connectivity index (χ0v) is 10.4. The van der Waals surface area contributed by atoms with Gasteiger partial charge in [0.05, 0.1) is 0 Å². The molecule has 0 aliphatic carbocycles. The monoisotopic (exact) mass is 228 g/mol. The molecule has 0 aromatic rings. The molecule has 16 heavy (non-hydrogen) atoms. The second-order valence-corrected chi connectivity index (χ2v) is 4.21. The van der Waals surface area contributed by atoms with Crippen LogP contribution in [0.3, 0.4) is 0 Å². The van der Waals surface area contributed by atoms with Crippen molar-refractivity contribution in [2.24, 2.45) is 5.73 Å². The molecule has 0 aliphatic rings. The van der Waals surface area contributed by atoms with Crippen molar-refractivity contribution >= 4 is 11.8 Å². The number of rotatable bonds is 9. The largest absolute Gasteiger partial charge is 0.368 e. The van der Waals surface area contributed by atoms with Crippen LogP contribution in [0.25, 0.3) is 0 Å². The Morgan fingerprint density at radius 2 is 1.69 bits per heavy atom. The van der Waals surface area contributed by atoms with Gasteiger partial charge in [0.1, 0.15) is 6.04 Å². The molecule has 4 nitrogen and oxygen atoms in total. The number of amides is 2. The van der Waals surface area contributed by atoms with E-state index in [4.69, 9.17) is 5.73 Å². The van der Waals surface area contributed by atoms with E-state index < -0.39 is 11.9 Å². The van der Waals surface area contributed by atoms with E-state index in [9.17, 15) is 9.59 Å². The van der Waals surface area contributed by atoms with Crippen LogP contribution >= 0.6 is 0 Å². The average molecular weight is 228 g/mol. The van der Waals surface area contributed by atoms with Gasteiger partial charge in [-0.05, 0) is 6.42 Å². The van der Waals surface area contributed by atoms with E-state index in [0.717, 1.165) is 12.8 Å². The van der Waals surface area contributed by atoms with Crippen LogP contribution in [0.4, 0.5) is 0 Å². The maximum absolute atomic E-state index is 11.0. The fourth-order valence-corrected chi connectivity index (χ4v) is 1.66. The fraction of sp³-hybridized carbons (Fsp3) is 0.833. The molecule has 3 N–H and O–H groups in total. The predicted molar refractivity (Wildman–Crippen MR) is 64.8 cm³/mol. The lowest BCUT2D eigenvalue weighted by atomic mass is 10.1. The minimum absolute atomic E-state index is 0.199. The minimum Gasteiger partial charge on any atom is -0.368 e. The molecule has 0 bridgehead atoms. The van der Waals surface area contributed by atoms with Crippen LogP contribution in [-0.4, -0.2) is 17.9 Å². The lowest BCUT2D eigenvalue weighted by Gasteiger charge is -2.13. The SMILES string of the molecule is CCCCCCCC[C@H](NC(C)=O)C(N)=O. The number of hydrogen-bond acceptors (Lipinski definition) is 2. The molecule has 0 saturated carbocycles. The zero-order chi connectivity index (χ0) is 12.4. The highest BCUT2D eigenvalue weighted by atomic mass is 16.2. The van der Waals surface area contributed by atoms with Crippen molar-refractivity contribution in [3.05, 3.63) is 0 Å². The predicted octanol–water partition coefficient (Wildman–Crippen LogP) is 1.73. The molecule has 2 amide bonds. The number of primary amides is 1. The van der Waals surface area contributed by atoms with E-state index in [-0.39, 0.29) is 5.91 Å². The molecular formula is C12H24N2O2. The third-order valence-corrected chi connectivity index (χ3v) is 2.57. The summed E-state index contributed by atoms with van der Waals surface area (Å²) in [4.78, 5) is 21.8. The molecule has 0 heterocycles. The molecule has 4 heteroatoms. The van der Waals surface area contributed by atoms with E-state index in [1.54, 1.807) is 0 Å². The molecule has 0 aromatic carbocycles. The number of nitrogens with one attached hydrogen (secondary N) is 1. The molecule has 0 fully saturated rings. The van der Waals surface area contributed by atoms with E-state index in [2.05, 4.69) is 12.2 Å². The highest BCUT2D eigenvalue weighted by Crippen LogP contribution is 2.08. The quantitative estimate of drug-likeness (QED) is 0.590. The molecule has 0 aromatic heterocycles. The van der Waals surface area contributed by atoms with Crippen LogP contribution in [0.2, 0.25) is 0 Å². The normalized spacial score (nSPS) is 12.1. The van der Waals surface area contributed by atoms with Crippen molar-refractivity contribution in [1.29, 1.82) is 0 Å². The van der Waals surface area contributed by atoms with Gasteiger partial charge in [0, 0.05) is 6.92 Å². The highest BCUT2D eigenvalue weighted by molar-refractivity contribution is 5.85. The van der Waals surface area contributed by atoms with Crippen LogP contribution in [0.5, 0.6) is 0 Å². The number of nitrogens with two attached hydrogens (primary N) is 1. The second kappa shape index (κ2) is 9.19. The summed E-state index contributed by atoms with van der Waals surface area (Å²) in [6.07, 6.45) is 7.64. The van der Waals surface area contributed by atoms with Gasteiger partial charge in [-0.25, -0.2) is 0 Å². The number of hydrogen-bond donors (Lipinski definition) is 2. The summed E-state index contributed by atoms with van der Waals surface area (Å²) in [5.74, 6) is -0.640. The first-order valence-electron chi connectivity index (χ1n) is 6.14. The fourth-order valence-electron chi connectivity index (χ4n) is 1.66. The van der Waals surface area contributed by atoms with Crippen molar-refractivity contribution in [2.75, 3.05) is 0 Å².